The molecule has 2 aromatic rings. The zero-order valence-corrected chi connectivity index (χ0v) is 10.4. The first-order valence-electron chi connectivity index (χ1n) is 4.96. The van der Waals surface area contributed by atoms with Gasteiger partial charge in [0, 0.05) is 0 Å². The molecule has 1 aromatic heterocycles. The van der Waals surface area contributed by atoms with Crippen LogP contribution >= 0.6 is 15.9 Å². The van der Waals surface area contributed by atoms with Crippen LogP contribution in [0.1, 0.15) is 17.3 Å². The van der Waals surface area contributed by atoms with Crippen LogP contribution in [0.5, 0.6) is 0 Å². The minimum absolute atomic E-state index is 0.161. The Morgan fingerprint density at radius 2 is 2.35 bits per heavy atom. The molecule has 0 bridgehead atoms. The van der Waals surface area contributed by atoms with Crippen molar-refractivity contribution >= 4 is 15.9 Å². The zero-order chi connectivity index (χ0) is 12.3. The van der Waals surface area contributed by atoms with Crippen molar-refractivity contribution in [2.45, 2.75) is 12.5 Å². The third-order valence-corrected chi connectivity index (χ3v) is 3.02. The number of aromatic amines is 1. The van der Waals surface area contributed by atoms with Crippen LogP contribution in [0.15, 0.2) is 28.9 Å². The molecule has 0 amide bonds. The van der Waals surface area contributed by atoms with Crippen molar-refractivity contribution in [1.82, 2.24) is 20.8 Å². The van der Waals surface area contributed by atoms with Gasteiger partial charge in [0.25, 0.3) is 0 Å². The van der Waals surface area contributed by atoms with E-state index in [0.717, 1.165) is 5.56 Å². The summed E-state index contributed by atoms with van der Waals surface area (Å²) in [5.41, 5.74) is 4.32. The zero-order valence-electron chi connectivity index (χ0n) is 8.82. The van der Waals surface area contributed by atoms with Gasteiger partial charge in [-0.15, -0.1) is 0 Å². The van der Waals surface area contributed by atoms with Crippen LogP contribution in [-0.4, -0.2) is 15.4 Å². The lowest BCUT2D eigenvalue weighted by molar-refractivity contribution is 0.536. The molecule has 0 aliphatic carbocycles. The van der Waals surface area contributed by atoms with Crippen molar-refractivity contribution in [1.29, 1.82) is 0 Å². The maximum Gasteiger partial charge on any atom is 0.137 e. The molecule has 1 aromatic carbocycles. The van der Waals surface area contributed by atoms with Crippen LogP contribution in [0, 0.1) is 5.82 Å². The second-order valence-corrected chi connectivity index (χ2v) is 4.42. The quantitative estimate of drug-likeness (QED) is 0.590. The number of benzene rings is 1. The largest absolute Gasteiger partial charge is 0.271 e. The summed E-state index contributed by atoms with van der Waals surface area (Å²) in [5, 5.41) is 10.2. The molecule has 0 aliphatic rings. The lowest BCUT2D eigenvalue weighted by Gasteiger charge is -2.13. The van der Waals surface area contributed by atoms with Gasteiger partial charge in [-0.05, 0) is 40.0 Å². The molecule has 0 saturated heterocycles. The van der Waals surface area contributed by atoms with E-state index in [-0.39, 0.29) is 11.9 Å². The molecule has 4 N–H and O–H groups in total. The number of nitrogens with zero attached hydrogens (tertiary/aromatic N) is 2. The molecular weight excluding hydrogens is 289 g/mol. The summed E-state index contributed by atoms with van der Waals surface area (Å²) < 4.78 is 13.5. The third kappa shape index (κ3) is 2.87. The molecule has 7 heteroatoms. The highest BCUT2D eigenvalue weighted by Gasteiger charge is 2.13. The molecule has 0 aliphatic heterocycles. The fraction of sp³-hybridized carbons (Fsp3) is 0.200. The molecule has 1 heterocycles. The highest BCUT2D eigenvalue weighted by atomic mass is 79.9. The number of hydrogen-bond acceptors (Lipinski definition) is 4. The van der Waals surface area contributed by atoms with E-state index < -0.39 is 0 Å². The molecule has 0 spiro atoms. The Morgan fingerprint density at radius 1 is 1.53 bits per heavy atom. The minimum atomic E-state index is -0.285. The fourth-order valence-electron chi connectivity index (χ4n) is 1.53. The molecule has 0 radical (unpaired) electrons. The fourth-order valence-corrected chi connectivity index (χ4v) is 1.96. The van der Waals surface area contributed by atoms with Gasteiger partial charge in [-0.25, -0.2) is 4.39 Å². The second kappa shape index (κ2) is 5.35. The van der Waals surface area contributed by atoms with Gasteiger partial charge in [-0.3, -0.25) is 11.3 Å². The van der Waals surface area contributed by atoms with E-state index in [1.807, 2.05) is 0 Å². The lowest BCUT2D eigenvalue weighted by atomic mass is 10.0. The smallest absolute Gasteiger partial charge is 0.137 e. The van der Waals surface area contributed by atoms with Crippen molar-refractivity contribution in [3.63, 3.8) is 0 Å². The van der Waals surface area contributed by atoms with Crippen molar-refractivity contribution in [2.75, 3.05) is 0 Å². The Bertz CT molecular complexity index is 487. The number of nitrogens with one attached hydrogen (secondary N) is 2. The molecule has 5 nitrogen and oxygen atoms in total. The average molecular weight is 300 g/mol. The molecule has 1 atom stereocenters. The van der Waals surface area contributed by atoms with E-state index in [9.17, 15) is 4.39 Å². The van der Waals surface area contributed by atoms with Crippen molar-refractivity contribution in [2.24, 2.45) is 5.84 Å². The monoisotopic (exact) mass is 299 g/mol. The molecule has 17 heavy (non-hydrogen) atoms. The molecule has 0 fully saturated rings. The van der Waals surface area contributed by atoms with Gasteiger partial charge in [0.05, 0.1) is 16.7 Å². The van der Waals surface area contributed by atoms with Gasteiger partial charge in [-0.1, -0.05) is 6.07 Å². The van der Waals surface area contributed by atoms with Crippen LogP contribution in [0.2, 0.25) is 0 Å². The van der Waals surface area contributed by atoms with Crippen LogP contribution in [0.4, 0.5) is 4.39 Å². The molecule has 90 valence electrons. The molecule has 0 saturated carbocycles. The first kappa shape index (κ1) is 12.2. The summed E-state index contributed by atoms with van der Waals surface area (Å²) in [6, 6.07) is 4.69. The van der Waals surface area contributed by atoms with E-state index in [1.54, 1.807) is 18.3 Å². The summed E-state index contributed by atoms with van der Waals surface area (Å²) in [5.74, 6) is 5.18. The molecule has 2 rings (SSSR count). The van der Waals surface area contributed by atoms with Crippen molar-refractivity contribution in [3.05, 3.63) is 45.9 Å². The minimum Gasteiger partial charge on any atom is -0.271 e. The second-order valence-electron chi connectivity index (χ2n) is 3.57. The number of rotatable bonds is 4. The number of nitrogens with two attached hydrogens (primary N) is 1. The third-order valence-electron chi connectivity index (χ3n) is 2.42. The maximum absolute atomic E-state index is 13.1. The number of H-pyrrole nitrogens is 1. The van der Waals surface area contributed by atoms with Crippen molar-refractivity contribution in [3.8, 4) is 0 Å². The van der Waals surface area contributed by atoms with Crippen LogP contribution < -0.4 is 11.3 Å². The molecular formula is C10H11BrFN5. The first-order valence-corrected chi connectivity index (χ1v) is 5.75. The van der Waals surface area contributed by atoms with Crippen LogP contribution in [0.25, 0.3) is 0 Å². The highest BCUT2D eigenvalue weighted by Crippen LogP contribution is 2.20. The summed E-state index contributed by atoms with van der Waals surface area (Å²) in [6.45, 7) is 0. The predicted octanol–water partition coefficient (Wildman–Crippen LogP) is 1.45. The lowest BCUT2D eigenvalue weighted by Crippen LogP contribution is -2.29. The summed E-state index contributed by atoms with van der Waals surface area (Å²) >= 11 is 3.15. The van der Waals surface area contributed by atoms with E-state index in [1.165, 1.54) is 6.07 Å². The number of aromatic nitrogens is 3. The Labute approximate surface area is 106 Å². The van der Waals surface area contributed by atoms with E-state index in [0.29, 0.717) is 16.6 Å². The van der Waals surface area contributed by atoms with Gasteiger partial charge in [-0.2, -0.15) is 15.4 Å². The SMILES string of the molecule is NNC(Cc1ccc(F)c(Br)c1)c1cn[nH]n1. The number of hydrazine groups is 1. The Hall–Kier alpha value is -1.31. The van der Waals surface area contributed by atoms with Crippen molar-refractivity contribution < 1.29 is 4.39 Å². The summed E-state index contributed by atoms with van der Waals surface area (Å²) in [4.78, 5) is 0. The summed E-state index contributed by atoms with van der Waals surface area (Å²) in [6.07, 6.45) is 2.20. The Balaban J connectivity index is 2.16. The standard InChI is InChI=1S/C10H11BrFN5/c11-7-3-6(1-2-8(7)12)4-9(15-13)10-5-14-17-16-10/h1-3,5,9,15H,4,13H2,(H,14,16,17). The number of hydrogen-bond donors (Lipinski definition) is 3. The Morgan fingerprint density at radius 3 is 2.94 bits per heavy atom. The van der Waals surface area contributed by atoms with Gasteiger partial charge in [0.15, 0.2) is 0 Å². The highest BCUT2D eigenvalue weighted by molar-refractivity contribution is 9.10. The van der Waals surface area contributed by atoms with Gasteiger partial charge in [0.2, 0.25) is 0 Å². The number of halogens is 2. The van der Waals surface area contributed by atoms with Gasteiger partial charge < -0.3 is 0 Å². The molecule has 1 unspecified atom stereocenters. The van der Waals surface area contributed by atoms with Crippen LogP contribution in [0.3, 0.4) is 0 Å². The van der Waals surface area contributed by atoms with Gasteiger partial charge in [0.1, 0.15) is 11.5 Å². The first-order chi connectivity index (χ1) is 8.20. The summed E-state index contributed by atoms with van der Waals surface area (Å²) in [7, 11) is 0. The van der Waals surface area contributed by atoms with Crippen LogP contribution in [-0.2, 0) is 6.42 Å². The Kier molecular flexibility index (Phi) is 3.82. The van der Waals surface area contributed by atoms with E-state index in [4.69, 9.17) is 5.84 Å². The van der Waals surface area contributed by atoms with E-state index in [2.05, 4.69) is 36.8 Å². The maximum atomic E-state index is 13.1. The predicted molar refractivity (Wildman–Crippen MR) is 64.3 cm³/mol. The topological polar surface area (TPSA) is 79.6 Å². The normalized spacial score (nSPS) is 12.6. The average Bonchev–Trinajstić information content (AvgIpc) is 2.84. The van der Waals surface area contributed by atoms with E-state index >= 15 is 0 Å². The van der Waals surface area contributed by atoms with Gasteiger partial charge >= 0.3 is 0 Å².